The van der Waals surface area contributed by atoms with E-state index in [1.807, 2.05) is 0 Å². The first-order valence-electron chi connectivity index (χ1n) is 8.55. The van der Waals surface area contributed by atoms with Gasteiger partial charge in [0, 0.05) is 6.61 Å². The molecule has 0 radical (unpaired) electrons. The largest absolute Gasteiger partial charge is 0.394 e. The first-order chi connectivity index (χ1) is 10.7. The quantitative estimate of drug-likeness (QED) is 0.400. The SMILES string of the molecule is CCCC/C=C/CCCCCO[C@@H]1[C@@H](O)[C@H](O)CO[C@H]1CO. The highest BCUT2D eigenvalue weighted by molar-refractivity contribution is 4.87. The maximum absolute atomic E-state index is 9.91. The Bertz CT molecular complexity index is 293. The van der Waals surface area contributed by atoms with E-state index in [0.29, 0.717) is 6.61 Å². The number of hydrogen-bond donors (Lipinski definition) is 3. The fourth-order valence-electron chi connectivity index (χ4n) is 2.54. The van der Waals surface area contributed by atoms with Crippen LogP contribution in [0.4, 0.5) is 0 Å². The van der Waals surface area contributed by atoms with E-state index in [1.165, 1.54) is 19.3 Å². The average Bonchev–Trinajstić information content (AvgIpc) is 2.53. The molecule has 0 spiro atoms. The smallest absolute Gasteiger partial charge is 0.114 e. The second-order valence-electron chi connectivity index (χ2n) is 5.91. The number of rotatable bonds is 11. The molecule has 130 valence electrons. The molecule has 5 heteroatoms. The zero-order chi connectivity index (χ0) is 16.2. The van der Waals surface area contributed by atoms with Crippen LogP contribution in [0.3, 0.4) is 0 Å². The summed E-state index contributed by atoms with van der Waals surface area (Å²) in [7, 11) is 0. The molecule has 3 N–H and O–H groups in total. The van der Waals surface area contributed by atoms with Crippen LogP contribution >= 0.6 is 0 Å². The summed E-state index contributed by atoms with van der Waals surface area (Å²) in [6.45, 7) is 2.53. The number of aliphatic hydroxyl groups excluding tert-OH is 3. The third kappa shape index (κ3) is 7.20. The molecule has 0 unspecified atom stereocenters. The number of allylic oxidation sites excluding steroid dienone is 2. The van der Waals surface area contributed by atoms with Crippen molar-refractivity contribution >= 4 is 0 Å². The van der Waals surface area contributed by atoms with E-state index in [1.54, 1.807) is 0 Å². The zero-order valence-electron chi connectivity index (χ0n) is 13.7. The summed E-state index contributed by atoms with van der Waals surface area (Å²) in [6, 6.07) is 0. The topological polar surface area (TPSA) is 79.2 Å². The molecule has 5 nitrogen and oxygen atoms in total. The summed E-state index contributed by atoms with van der Waals surface area (Å²) in [5.74, 6) is 0. The molecule has 1 fully saturated rings. The van der Waals surface area contributed by atoms with Crippen molar-refractivity contribution in [3.05, 3.63) is 12.2 Å². The van der Waals surface area contributed by atoms with Crippen molar-refractivity contribution in [2.45, 2.75) is 76.3 Å². The van der Waals surface area contributed by atoms with E-state index in [9.17, 15) is 15.3 Å². The molecule has 1 aliphatic rings. The van der Waals surface area contributed by atoms with E-state index in [0.717, 1.165) is 25.7 Å². The molecule has 0 aliphatic carbocycles. The van der Waals surface area contributed by atoms with Gasteiger partial charge in [0.05, 0.1) is 13.2 Å². The standard InChI is InChI=1S/C17H32O5/c1-2-3-4-5-6-7-8-9-10-11-21-17-15(12-18)22-13-14(19)16(17)20/h5-6,14-20H,2-4,7-13H2,1H3/b6-5+/t14-,15+,16+,17+/m1/s1. The fourth-order valence-corrected chi connectivity index (χ4v) is 2.54. The molecule has 1 heterocycles. The van der Waals surface area contributed by atoms with Crippen LogP contribution in [0.5, 0.6) is 0 Å². The Kier molecular flexibility index (Phi) is 10.7. The summed E-state index contributed by atoms with van der Waals surface area (Å²) in [5, 5.41) is 28.7. The van der Waals surface area contributed by atoms with Gasteiger partial charge in [-0.05, 0) is 25.7 Å². The van der Waals surface area contributed by atoms with Crippen molar-refractivity contribution in [3.8, 4) is 0 Å². The molecule has 22 heavy (non-hydrogen) atoms. The van der Waals surface area contributed by atoms with Gasteiger partial charge in [0.2, 0.25) is 0 Å². The van der Waals surface area contributed by atoms with Gasteiger partial charge in [-0.1, -0.05) is 38.3 Å². The highest BCUT2D eigenvalue weighted by atomic mass is 16.6. The van der Waals surface area contributed by atoms with Gasteiger partial charge in [-0.3, -0.25) is 0 Å². The lowest BCUT2D eigenvalue weighted by atomic mass is 10.0. The van der Waals surface area contributed by atoms with Crippen LogP contribution in [0.25, 0.3) is 0 Å². The maximum Gasteiger partial charge on any atom is 0.114 e. The third-order valence-corrected chi connectivity index (χ3v) is 3.97. The highest BCUT2D eigenvalue weighted by Crippen LogP contribution is 2.19. The van der Waals surface area contributed by atoms with E-state index >= 15 is 0 Å². The lowest BCUT2D eigenvalue weighted by molar-refractivity contribution is -0.211. The highest BCUT2D eigenvalue weighted by Gasteiger charge is 2.39. The molecule has 0 amide bonds. The van der Waals surface area contributed by atoms with Crippen LogP contribution in [0.1, 0.15) is 51.9 Å². The van der Waals surface area contributed by atoms with Gasteiger partial charge in [0.15, 0.2) is 0 Å². The Morgan fingerprint density at radius 1 is 1.09 bits per heavy atom. The van der Waals surface area contributed by atoms with Crippen LogP contribution in [-0.4, -0.2) is 59.6 Å². The fraction of sp³-hybridized carbons (Fsp3) is 0.882. The van der Waals surface area contributed by atoms with Gasteiger partial charge in [0.1, 0.15) is 24.4 Å². The van der Waals surface area contributed by atoms with E-state index in [4.69, 9.17) is 9.47 Å². The average molecular weight is 316 g/mol. The molecule has 1 rings (SSSR count). The van der Waals surface area contributed by atoms with Crippen LogP contribution in [0, 0.1) is 0 Å². The number of unbranched alkanes of at least 4 members (excludes halogenated alkanes) is 5. The lowest BCUT2D eigenvalue weighted by Crippen LogP contribution is -2.55. The molecule has 1 aliphatic heterocycles. The van der Waals surface area contributed by atoms with Gasteiger partial charge in [0.25, 0.3) is 0 Å². The lowest BCUT2D eigenvalue weighted by Gasteiger charge is -2.37. The van der Waals surface area contributed by atoms with Gasteiger partial charge in [-0.2, -0.15) is 0 Å². The van der Waals surface area contributed by atoms with Crippen molar-refractivity contribution in [2.75, 3.05) is 19.8 Å². The number of aliphatic hydroxyl groups is 3. The summed E-state index contributed by atoms with van der Waals surface area (Å²) < 4.78 is 10.9. The Morgan fingerprint density at radius 3 is 2.50 bits per heavy atom. The second kappa shape index (κ2) is 12.0. The van der Waals surface area contributed by atoms with Crippen LogP contribution < -0.4 is 0 Å². The zero-order valence-corrected chi connectivity index (χ0v) is 13.7. The Balaban J connectivity index is 2.08. The van der Waals surface area contributed by atoms with Crippen molar-refractivity contribution in [1.82, 2.24) is 0 Å². The molecule has 1 saturated heterocycles. The summed E-state index contributed by atoms with van der Waals surface area (Å²) >= 11 is 0. The molecule has 0 aromatic carbocycles. The molecule has 0 saturated carbocycles. The second-order valence-corrected chi connectivity index (χ2v) is 5.91. The van der Waals surface area contributed by atoms with Gasteiger partial charge in [-0.15, -0.1) is 0 Å². The Hall–Kier alpha value is -0.460. The normalized spacial score (nSPS) is 29.3. The summed E-state index contributed by atoms with van der Waals surface area (Å²) in [6.07, 6.45) is 9.21. The molecule has 0 aromatic rings. The molecular formula is C17H32O5. The van der Waals surface area contributed by atoms with Crippen LogP contribution in [0.2, 0.25) is 0 Å². The first-order valence-corrected chi connectivity index (χ1v) is 8.55. The first kappa shape index (κ1) is 19.6. The van der Waals surface area contributed by atoms with Gasteiger partial charge in [-0.25, -0.2) is 0 Å². The van der Waals surface area contributed by atoms with Crippen molar-refractivity contribution < 1.29 is 24.8 Å². The summed E-state index contributed by atoms with van der Waals surface area (Å²) in [4.78, 5) is 0. The maximum atomic E-state index is 9.91. The van der Waals surface area contributed by atoms with E-state index in [-0.39, 0.29) is 13.2 Å². The minimum Gasteiger partial charge on any atom is -0.394 e. The molecule has 0 bridgehead atoms. The van der Waals surface area contributed by atoms with Crippen molar-refractivity contribution in [1.29, 1.82) is 0 Å². The molecule has 4 atom stereocenters. The molecular weight excluding hydrogens is 284 g/mol. The Morgan fingerprint density at radius 2 is 1.82 bits per heavy atom. The predicted molar refractivity (Wildman–Crippen MR) is 85.7 cm³/mol. The van der Waals surface area contributed by atoms with Gasteiger partial charge < -0.3 is 24.8 Å². The Labute approximate surface area is 133 Å². The number of ether oxygens (including phenoxy) is 2. The minimum atomic E-state index is -0.993. The summed E-state index contributed by atoms with van der Waals surface area (Å²) in [5.41, 5.74) is 0. The minimum absolute atomic E-state index is 0.0383. The van der Waals surface area contributed by atoms with Crippen LogP contribution in [-0.2, 0) is 9.47 Å². The monoisotopic (exact) mass is 316 g/mol. The number of hydrogen-bond acceptors (Lipinski definition) is 5. The van der Waals surface area contributed by atoms with E-state index in [2.05, 4.69) is 19.1 Å². The van der Waals surface area contributed by atoms with Crippen LogP contribution in [0.15, 0.2) is 12.2 Å². The van der Waals surface area contributed by atoms with E-state index < -0.39 is 24.4 Å². The van der Waals surface area contributed by atoms with Crippen molar-refractivity contribution in [2.24, 2.45) is 0 Å². The molecule has 0 aromatic heterocycles. The predicted octanol–water partition coefficient (Wildman–Crippen LogP) is 1.79. The third-order valence-electron chi connectivity index (χ3n) is 3.97. The van der Waals surface area contributed by atoms with Gasteiger partial charge >= 0.3 is 0 Å². The van der Waals surface area contributed by atoms with Crippen molar-refractivity contribution in [3.63, 3.8) is 0 Å².